The van der Waals surface area contributed by atoms with E-state index < -0.39 is 11.8 Å². The minimum absolute atomic E-state index is 0.0372. The molecule has 1 aliphatic carbocycles. The summed E-state index contributed by atoms with van der Waals surface area (Å²) in [6.45, 7) is 4.45. The van der Waals surface area contributed by atoms with Gasteiger partial charge >= 0.3 is 5.97 Å². The van der Waals surface area contributed by atoms with Crippen molar-refractivity contribution < 1.29 is 13.9 Å². The SMILES string of the molecule is C=Cc1c(NCC2CC2)nc(-c2ccc(Cl)cc2F)nc1C(=O)OC. The number of carbonyl (C=O) groups excluding carboxylic acids is 1. The van der Waals surface area contributed by atoms with Crippen LogP contribution in [-0.4, -0.2) is 29.6 Å². The van der Waals surface area contributed by atoms with Gasteiger partial charge in [0.2, 0.25) is 0 Å². The molecule has 0 atom stereocenters. The van der Waals surface area contributed by atoms with Crippen molar-refractivity contribution >= 4 is 29.5 Å². The summed E-state index contributed by atoms with van der Waals surface area (Å²) in [7, 11) is 1.26. The number of nitrogens with zero attached hydrogens (tertiary/aromatic N) is 2. The molecule has 0 spiro atoms. The average Bonchev–Trinajstić information content (AvgIpc) is 3.42. The molecule has 1 aromatic heterocycles. The lowest BCUT2D eigenvalue weighted by molar-refractivity contribution is 0.0593. The molecule has 7 heteroatoms. The summed E-state index contributed by atoms with van der Waals surface area (Å²) in [5.74, 6) is -0.102. The quantitative estimate of drug-likeness (QED) is 0.782. The van der Waals surface area contributed by atoms with Gasteiger partial charge in [0.1, 0.15) is 11.6 Å². The third kappa shape index (κ3) is 3.79. The molecule has 2 aromatic rings. The number of benzene rings is 1. The second kappa shape index (κ2) is 7.19. The highest BCUT2D eigenvalue weighted by molar-refractivity contribution is 6.30. The van der Waals surface area contributed by atoms with Crippen molar-refractivity contribution in [2.75, 3.05) is 19.0 Å². The number of ether oxygens (including phenoxy) is 1. The number of carbonyl (C=O) groups is 1. The Morgan fingerprint density at radius 1 is 1.48 bits per heavy atom. The van der Waals surface area contributed by atoms with E-state index in [1.807, 2.05) is 0 Å². The number of halogens is 2. The summed E-state index contributed by atoms with van der Waals surface area (Å²) in [5.41, 5.74) is 0.625. The Morgan fingerprint density at radius 3 is 2.84 bits per heavy atom. The number of esters is 1. The van der Waals surface area contributed by atoms with Crippen molar-refractivity contribution in [1.29, 1.82) is 0 Å². The van der Waals surface area contributed by atoms with E-state index in [-0.39, 0.29) is 22.1 Å². The molecule has 0 aliphatic heterocycles. The molecule has 1 saturated carbocycles. The van der Waals surface area contributed by atoms with E-state index in [4.69, 9.17) is 16.3 Å². The summed E-state index contributed by atoms with van der Waals surface area (Å²) >= 11 is 5.80. The summed E-state index contributed by atoms with van der Waals surface area (Å²) < 4.78 is 19.1. The Kier molecular flexibility index (Phi) is 4.99. The average molecular weight is 362 g/mol. The lowest BCUT2D eigenvalue weighted by atomic mass is 10.1. The molecule has 25 heavy (non-hydrogen) atoms. The monoisotopic (exact) mass is 361 g/mol. The zero-order valence-corrected chi connectivity index (χ0v) is 14.4. The van der Waals surface area contributed by atoms with Crippen LogP contribution in [0.1, 0.15) is 28.9 Å². The van der Waals surface area contributed by atoms with Gasteiger partial charge in [0.15, 0.2) is 11.5 Å². The van der Waals surface area contributed by atoms with Crippen LogP contribution < -0.4 is 5.32 Å². The van der Waals surface area contributed by atoms with Gasteiger partial charge in [-0.15, -0.1) is 0 Å². The van der Waals surface area contributed by atoms with Gasteiger partial charge in [0, 0.05) is 17.1 Å². The molecule has 1 fully saturated rings. The first-order valence-electron chi connectivity index (χ1n) is 7.85. The fourth-order valence-electron chi connectivity index (χ4n) is 2.40. The first kappa shape index (κ1) is 17.4. The van der Waals surface area contributed by atoms with Crippen molar-refractivity contribution in [1.82, 2.24) is 9.97 Å². The Balaban J connectivity index is 2.11. The number of nitrogens with one attached hydrogen (secondary N) is 1. The molecule has 1 aliphatic rings. The number of rotatable bonds is 6. The van der Waals surface area contributed by atoms with Crippen molar-refractivity contribution in [2.24, 2.45) is 5.92 Å². The smallest absolute Gasteiger partial charge is 0.357 e. The van der Waals surface area contributed by atoms with E-state index in [2.05, 4.69) is 21.9 Å². The zero-order chi connectivity index (χ0) is 18.0. The lowest BCUT2D eigenvalue weighted by Crippen LogP contribution is -2.14. The number of aromatic nitrogens is 2. The van der Waals surface area contributed by atoms with Crippen LogP contribution in [-0.2, 0) is 4.74 Å². The normalized spacial score (nSPS) is 13.4. The van der Waals surface area contributed by atoms with Crippen molar-refractivity contribution in [3.05, 3.63) is 46.9 Å². The van der Waals surface area contributed by atoms with Gasteiger partial charge in [0.25, 0.3) is 0 Å². The first-order chi connectivity index (χ1) is 12.0. The molecule has 1 aromatic carbocycles. The predicted octanol–water partition coefficient (Wildman–Crippen LogP) is 4.19. The minimum atomic E-state index is -0.637. The molecule has 3 rings (SSSR count). The number of hydrogen-bond acceptors (Lipinski definition) is 5. The molecule has 1 heterocycles. The van der Waals surface area contributed by atoms with Crippen LogP contribution in [0.2, 0.25) is 5.02 Å². The third-order valence-corrected chi connectivity index (χ3v) is 4.19. The molecule has 130 valence electrons. The zero-order valence-electron chi connectivity index (χ0n) is 13.7. The van der Waals surface area contributed by atoms with Crippen LogP contribution in [0, 0.1) is 11.7 Å². The maximum atomic E-state index is 14.3. The van der Waals surface area contributed by atoms with Crippen molar-refractivity contribution in [2.45, 2.75) is 12.8 Å². The third-order valence-electron chi connectivity index (χ3n) is 3.96. The van der Waals surface area contributed by atoms with Crippen LogP contribution in [0.4, 0.5) is 10.2 Å². The molecule has 0 saturated heterocycles. The van der Waals surface area contributed by atoms with Crippen LogP contribution in [0.5, 0.6) is 0 Å². The van der Waals surface area contributed by atoms with E-state index in [1.165, 1.54) is 25.3 Å². The Labute approximate surface area is 149 Å². The summed E-state index contributed by atoms with van der Waals surface area (Å²) in [4.78, 5) is 20.7. The number of methoxy groups -OCH3 is 1. The molecular formula is C18H17ClFN3O2. The van der Waals surface area contributed by atoms with Crippen LogP contribution >= 0.6 is 11.6 Å². The largest absolute Gasteiger partial charge is 0.464 e. The van der Waals surface area contributed by atoms with E-state index in [0.717, 1.165) is 19.4 Å². The van der Waals surface area contributed by atoms with Crippen molar-refractivity contribution in [3.8, 4) is 11.4 Å². The summed E-state index contributed by atoms with van der Waals surface area (Å²) in [6.07, 6.45) is 3.80. The predicted molar refractivity (Wildman–Crippen MR) is 95.1 cm³/mol. The topological polar surface area (TPSA) is 64.1 Å². The Hall–Kier alpha value is -2.47. The van der Waals surface area contributed by atoms with E-state index in [9.17, 15) is 9.18 Å². The van der Waals surface area contributed by atoms with Crippen LogP contribution in [0.3, 0.4) is 0 Å². The lowest BCUT2D eigenvalue weighted by Gasteiger charge is -2.14. The second-order valence-electron chi connectivity index (χ2n) is 5.80. The number of anilines is 1. The second-order valence-corrected chi connectivity index (χ2v) is 6.24. The fraction of sp³-hybridized carbons (Fsp3) is 0.278. The van der Waals surface area contributed by atoms with Gasteiger partial charge in [-0.1, -0.05) is 24.3 Å². The summed E-state index contributed by atoms with van der Waals surface area (Å²) in [6, 6.07) is 4.20. The molecule has 0 bridgehead atoms. The van der Waals surface area contributed by atoms with Gasteiger partial charge in [0.05, 0.1) is 12.7 Å². The van der Waals surface area contributed by atoms with Crippen LogP contribution in [0.15, 0.2) is 24.8 Å². The highest BCUT2D eigenvalue weighted by Crippen LogP contribution is 2.31. The van der Waals surface area contributed by atoms with Gasteiger partial charge in [-0.05, 0) is 37.0 Å². The Bertz CT molecular complexity index is 837. The standard InChI is InChI=1S/C18H17ClFN3O2/c1-3-12-15(18(24)25-2)22-17(13-7-6-11(19)8-14(13)20)23-16(12)21-9-10-4-5-10/h3,6-8,10H,1,4-5,9H2,2H3,(H,21,22,23). The van der Waals surface area contributed by atoms with Gasteiger partial charge in [-0.3, -0.25) is 0 Å². The Morgan fingerprint density at radius 2 is 2.24 bits per heavy atom. The minimum Gasteiger partial charge on any atom is -0.464 e. The molecular weight excluding hydrogens is 345 g/mol. The van der Waals surface area contributed by atoms with E-state index in [0.29, 0.717) is 17.3 Å². The van der Waals surface area contributed by atoms with E-state index >= 15 is 0 Å². The maximum Gasteiger partial charge on any atom is 0.357 e. The fourth-order valence-corrected chi connectivity index (χ4v) is 2.56. The van der Waals surface area contributed by atoms with Gasteiger partial charge < -0.3 is 10.1 Å². The molecule has 5 nitrogen and oxygen atoms in total. The van der Waals surface area contributed by atoms with Gasteiger partial charge in [-0.2, -0.15) is 0 Å². The van der Waals surface area contributed by atoms with E-state index in [1.54, 1.807) is 6.07 Å². The first-order valence-corrected chi connectivity index (χ1v) is 8.23. The highest BCUT2D eigenvalue weighted by Gasteiger charge is 2.24. The molecule has 0 amide bonds. The van der Waals surface area contributed by atoms with Gasteiger partial charge in [-0.25, -0.2) is 19.2 Å². The van der Waals surface area contributed by atoms with Crippen molar-refractivity contribution in [3.63, 3.8) is 0 Å². The maximum absolute atomic E-state index is 14.3. The van der Waals surface area contributed by atoms with Crippen LogP contribution in [0.25, 0.3) is 17.5 Å². The summed E-state index contributed by atoms with van der Waals surface area (Å²) in [5, 5.41) is 3.48. The molecule has 0 unspecified atom stereocenters. The number of hydrogen-bond donors (Lipinski definition) is 1. The molecule has 0 radical (unpaired) electrons. The highest BCUT2D eigenvalue weighted by atomic mass is 35.5. The molecule has 1 N–H and O–H groups in total.